The Hall–Kier alpha value is -2.11. The lowest BCUT2D eigenvalue weighted by Gasteiger charge is -2.23. The third kappa shape index (κ3) is 3.10. The Morgan fingerprint density at radius 3 is 2.64 bits per heavy atom. The van der Waals surface area contributed by atoms with E-state index in [-0.39, 0.29) is 4.88 Å². The molecule has 6 heteroatoms. The number of aromatic carboxylic acids is 1. The van der Waals surface area contributed by atoms with Gasteiger partial charge in [-0.1, -0.05) is 41.7 Å². The summed E-state index contributed by atoms with van der Waals surface area (Å²) in [6, 6.07) is 12.7. The van der Waals surface area contributed by atoms with Crippen LogP contribution in [0, 0.1) is 0 Å². The molecule has 1 fully saturated rings. The van der Waals surface area contributed by atoms with Crippen molar-refractivity contribution in [1.82, 2.24) is 4.98 Å². The van der Waals surface area contributed by atoms with E-state index in [2.05, 4.69) is 35.3 Å². The first-order valence-corrected chi connectivity index (χ1v) is 9.58. The molecule has 0 amide bonds. The van der Waals surface area contributed by atoms with Gasteiger partial charge in [0.2, 0.25) is 0 Å². The average molecular weight is 373 g/mol. The first-order chi connectivity index (χ1) is 12.2. The summed E-state index contributed by atoms with van der Waals surface area (Å²) in [5.74, 6) is 0.142. The number of aromatic nitrogens is 1. The average Bonchev–Trinajstić information content (AvgIpc) is 3.34. The Kier molecular flexibility index (Phi) is 4.36. The van der Waals surface area contributed by atoms with Crippen LogP contribution in [0.1, 0.15) is 34.0 Å². The summed E-state index contributed by atoms with van der Waals surface area (Å²) in [6.07, 6.45) is 3.91. The molecule has 1 aliphatic rings. The Labute approximate surface area is 154 Å². The zero-order valence-electron chi connectivity index (χ0n) is 13.5. The molecular formula is C19H17ClN2O2S. The fraction of sp³-hybridized carbons (Fsp3) is 0.263. The number of halogens is 1. The number of thiazole rings is 1. The van der Waals surface area contributed by atoms with E-state index in [4.69, 9.17) is 11.6 Å². The molecule has 25 heavy (non-hydrogen) atoms. The highest BCUT2D eigenvalue weighted by Gasteiger charge is 2.26. The van der Waals surface area contributed by atoms with Crippen LogP contribution in [0.4, 0.5) is 10.8 Å². The molecule has 0 saturated heterocycles. The summed E-state index contributed by atoms with van der Waals surface area (Å²) in [7, 11) is 0. The molecule has 128 valence electrons. The van der Waals surface area contributed by atoms with Crippen LogP contribution in [0.15, 0.2) is 42.6 Å². The Bertz CT molecular complexity index is 936. The Morgan fingerprint density at radius 1 is 1.24 bits per heavy atom. The first-order valence-electron chi connectivity index (χ1n) is 8.23. The van der Waals surface area contributed by atoms with Gasteiger partial charge in [0, 0.05) is 17.8 Å². The molecule has 0 radical (unpaired) electrons. The fourth-order valence-electron chi connectivity index (χ4n) is 3.18. The van der Waals surface area contributed by atoms with Gasteiger partial charge in [0.05, 0.1) is 11.9 Å². The molecule has 4 nitrogen and oxygen atoms in total. The molecule has 0 spiro atoms. The van der Waals surface area contributed by atoms with Crippen molar-refractivity contribution in [3.8, 4) is 0 Å². The lowest BCUT2D eigenvalue weighted by molar-refractivity contribution is 0.0702. The van der Waals surface area contributed by atoms with Gasteiger partial charge in [-0.15, -0.1) is 11.6 Å². The summed E-state index contributed by atoms with van der Waals surface area (Å²) in [5.41, 5.74) is 2.42. The van der Waals surface area contributed by atoms with Gasteiger partial charge in [-0.05, 0) is 35.8 Å². The number of fused-ring (bicyclic) bond motifs is 1. The van der Waals surface area contributed by atoms with Gasteiger partial charge in [0.25, 0.3) is 0 Å². The predicted octanol–water partition coefficient (Wildman–Crippen LogP) is 5.25. The predicted molar refractivity (Wildman–Crippen MR) is 103 cm³/mol. The highest BCUT2D eigenvalue weighted by Crippen LogP contribution is 2.45. The maximum absolute atomic E-state index is 11.2. The molecule has 1 N–H and O–H groups in total. The number of nitrogens with zero attached hydrogens (tertiary/aromatic N) is 2. The molecule has 1 saturated carbocycles. The Morgan fingerprint density at radius 2 is 2.00 bits per heavy atom. The van der Waals surface area contributed by atoms with Crippen LogP contribution >= 0.6 is 22.9 Å². The van der Waals surface area contributed by atoms with E-state index in [9.17, 15) is 9.90 Å². The van der Waals surface area contributed by atoms with Crippen molar-refractivity contribution in [2.24, 2.45) is 0 Å². The maximum Gasteiger partial charge on any atom is 0.347 e. The van der Waals surface area contributed by atoms with Crippen LogP contribution in [0.3, 0.4) is 0 Å². The van der Waals surface area contributed by atoms with Gasteiger partial charge in [-0.25, -0.2) is 9.78 Å². The molecule has 0 unspecified atom stereocenters. The molecule has 0 aliphatic heterocycles. The van der Waals surface area contributed by atoms with Gasteiger partial charge in [0.15, 0.2) is 5.13 Å². The molecule has 3 aromatic rings. The van der Waals surface area contributed by atoms with E-state index in [1.807, 2.05) is 11.0 Å². The smallest absolute Gasteiger partial charge is 0.347 e. The molecule has 4 rings (SSSR count). The minimum absolute atomic E-state index is 0.230. The summed E-state index contributed by atoms with van der Waals surface area (Å²) in [4.78, 5) is 17.8. The van der Waals surface area contributed by atoms with Crippen LogP contribution in [-0.4, -0.2) is 28.5 Å². The quantitative estimate of drug-likeness (QED) is 0.600. The number of hydrogen-bond donors (Lipinski definition) is 1. The van der Waals surface area contributed by atoms with Gasteiger partial charge < -0.3 is 10.0 Å². The number of anilines is 2. The van der Waals surface area contributed by atoms with E-state index in [1.165, 1.54) is 41.3 Å². The number of rotatable bonds is 6. The number of carboxylic acids is 1. The number of benzene rings is 2. The fourth-order valence-corrected chi connectivity index (χ4v) is 4.15. The molecule has 1 aliphatic carbocycles. The standard InChI is InChI=1S/C19H17ClN2O2S/c20-9-10-22(19-21-11-17(25-19)18(23)24)16-8-7-13(12-5-6-12)14-3-1-2-4-15(14)16/h1-4,7-8,11-12H,5-6,9-10H2,(H,23,24). The number of carboxylic acid groups (broad SMARTS) is 1. The van der Waals surface area contributed by atoms with Crippen LogP contribution < -0.4 is 4.90 Å². The van der Waals surface area contributed by atoms with Crippen molar-refractivity contribution in [2.75, 3.05) is 17.3 Å². The normalized spacial score (nSPS) is 14.0. The zero-order chi connectivity index (χ0) is 17.4. The van der Waals surface area contributed by atoms with Crippen molar-refractivity contribution in [2.45, 2.75) is 18.8 Å². The third-order valence-electron chi connectivity index (χ3n) is 4.49. The molecule has 1 heterocycles. The van der Waals surface area contributed by atoms with Crippen LogP contribution in [0.25, 0.3) is 10.8 Å². The summed E-state index contributed by atoms with van der Waals surface area (Å²) in [6.45, 7) is 0.570. The second-order valence-corrected chi connectivity index (χ2v) is 7.53. The topological polar surface area (TPSA) is 53.4 Å². The van der Waals surface area contributed by atoms with Crippen LogP contribution in [0.2, 0.25) is 0 Å². The van der Waals surface area contributed by atoms with Crippen molar-refractivity contribution >= 4 is 50.5 Å². The minimum atomic E-state index is -0.955. The third-order valence-corrected chi connectivity index (χ3v) is 5.66. The molecule has 0 bridgehead atoms. The first kappa shape index (κ1) is 16.4. The zero-order valence-corrected chi connectivity index (χ0v) is 15.1. The van der Waals surface area contributed by atoms with E-state index in [0.29, 0.717) is 23.5 Å². The number of carbonyl (C=O) groups is 1. The van der Waals surface area contributed by atoms with Crippen LogP contribution in [0.5, 0.6) is 0 Å². The lowest BCUT2D eigenvalue weighted by Crippen LogP contribution is -2.19. The van der Waals surface area contributed by atoms with Crippen molar-refractivity contribution in [1.29, 1.82) is 0 Å². The highest BCUT2D eigenvalue weighted by atomic mass is 35.5. The van der Waals surface area contributed by atoms with Crippen LogP contribution in [-0.2, 0) is 0 Å². The van der Waals surface area contributed by atoms with Crippen molar-refractivity contribution < 1.29 is 9.90 Å². The molecular weight excluding hydrogens is 356 g/mol. The second kappa shape index (κ2) is 6.65. The van der Waals surface area contributed by atoms with E-state index >= 15 is 0 Å². The Balaban J connectivity index is 1.84. The molecule has 2 aromatic carbocycles. The largest absolute Gasteiger partial charge is 0.477 e. The van der Waals surface area contributed by atoms with E-state index in [1.54, 1.807) is 0 Å². The van der Waals surface area contributed by atoms with E-state index in [0.717, 1.165) is 11.1 Å². The van der Waals surface area contributed by atoms with E-state index < -0.39 is 5.97 Å². The molecule has 1 aromatic heterocycles. The van der Waals surface area contributed by atoms with Gasteiger partial charge >= 0.3 is 5.97 Å². The summed E-state index contributed by atoms with van der Waals surface area (Å²) >= 11 is 7.20. The second-order valence-electron chi connectivity index (χ2n) is 6.15. The molecule has 0 atom stereocenters. The number of hydrogen-bond acceptors (Lipinski definition) is 4. The van der Waals surface area contributed by atoms with Gasteiger partial charge in [-0.3, -0.25) is 0 Å². The lowest BCUT2D eigenvalue weighted by atomic mass is 9.99. The monoisotopic (exact) mass is 372 g/mol. The maximum atomic E-state index is 11.2. The van der Waals surface area contributed by atoms with Gasteiger partial charge in [0.1, 0.15) is 4.88 Å². The number of alkyl halides is 1. The SMILES string of the molecule is O=C(O)c1cnc(N(CCCl)c2ccc(C3CC3)c3ccccc23)s1. The van der Waals surface area contributed by atoms with Gasteiger partial charge in [-0.2, -0.15) is 0 Å². The van der Waals surface area contributed by atoms with Crippen molar-refractivity contribution in [3.63, 3.8) is 0 Å². The highest BCUT2D eigenvalue weighted by molar-refractivity contribution is 7.17. The summed E-state index contributed by atoms with van der Waals surface area (Å²) in [5, 5.41) is 12.3. The summed E-state index contributed by atoms with van der Waals surface area (Å²) < 4.78 is 0. The van der Waals surface area contributed by atoms with Crippen molar-refractivity contribution in [3.05, 3.63) is 53.0 Å². The minimum Gasteiger partial charge on any atom is -0.477 e.